The van der Waals surface area contributed by atoms with E-state index in [-0.39, 0.29) is 11.2 Å². The summed E-state index contributed by atoms with van der Waals surface area (Å²) in [6.07, 6.45) is 4.92. The van der Waals surface area contributed by atoms with Crippen LogP contribution in [0.15, 0.2) is 12.1 Å². The van der Waals surface area contributed by atoms with Gasteiger partial charge < -0.3 is 4.57 Å². The maximum Gasteiger partial charge on any atom is 0.138 e. The molecule has 0 saturated heterocycles. The molecule has 1 atom stereocenters. The first-order valence-corrected chi connectivity index (χ1v) is 8.96. The average molecular weight is 421 g/mol. The van der Waals surface area contributed by atoms with Crippen molar-refractivity contribution in [3.05, 3.63) is 27.3 Å². The Morgan fingerprint density at radius 2 is 2.19 bits per heavy atom. The van der Waals surface area contributed by atoms with Crippen molar-refractivity contribution >= 4 is 45.2 Å². The predicted octanol–water partition coefficient (Wildman–Crippen LogP) is 5.66. The SMILES string of the molecule is CCC1(Cn2c(C(C)Cl)nc3cc(I)c(F)cc32)CCC1. The number of imidazole rings is 1. The summed E-state index contributed by atoms with van der Waals surface area (Å²) in [5.41, 5.74) is 2.05. The summed E-state index contributed by atoms with van der Waals surface area (Å²) >= 11 is 8.32. The first-order chi connectivity index (χ1) is 9.96. The molecule has 0 N–H and O–H groups in total. The molecule has 0 aliphatic heterocycles. The van der Waals surface area contributed by atoms with E-state index < -0.39 is 0 Å². The summed E-state index contributed by atoms with van der Waals surface area (Å²) in [5.74, 6) is 0.671. The summed E-state index contributed by atoms with van der Waals surface area (Å²) in [7, 11) is 0. The van der Waals surface area contributed by atoms with Gasteiger partial charge in [0, 0.05) is 12.6 Å². The number of hydrogen-bond acceptors (Lipinski definition) is 1. The number of halogens is 3. The second-order valence-electron chi connectivity index (χ2n) is 6.13. The van der Waals surface area contributed by atoms with Gasteiger partial charge in [0.05, 0.1) is 20.0 Å². The van der Waals surface area contributed by atoms with Gasteiger partial charge in [-0.05, 0) is 60.3 Å². The van der Waals surface area contributed by atoms with Gasteiger partial charge in [-0.3, -0.25) is 0 Å². The van der Waals surface area contributed by atoms with Crippen LogP contribution in [0.25, 0.3) is 11.0 Å². The fraction of sp³-hybridized carbons (Fsp3) is 0.562. The van der Waals surface area contributed by atoms with Gasteiger partial charge in [0.25, 0.3) is 0 Å². The number of alkyl halides is 1. The summed E-state index contributed by atoms with van der Waals surface area (Å²) in [6.45, 7) is 5.07. The van der Waals surface area contributed by atoms with Gasteiger partial charge in [-0.15, -0.1) is 11.6 Å². The average Bonchev–Trinajstić information content (AvgIpc) is 2.73. The van der Waals surface area contributed by atoms with Crippen LogP contribution in [0, 0.1) is 14.8 Å². The number of aromatic nitrogens is 2. The molecular weight excluding hydrogens is 402 g/mol. The minimum Gasteiger partial charge on any atom is -0.326 e. The van der Waals surface area contributed by atoms with Crippen LogP contribution in [-0.2, 0) is 6.54 Å². The third kappa shape index (κ3) is 2.69. The van der Waals surface area contributed by atoms with E-state index in [2.05, 4.69) is 16.5 Å². The zero-order valence-corrected chi connectivity index (χ0v) is 15.2. The minimum atomic E-state index is -0.183. The van der Waals surface area contributed by atoms with Crippen LogP contribution in [0.2, 0.25) is 0 Å². The predicted molar refractivity (Wildman–Crippen MR) is 93.3 cm³/mol. The summed E-state index contributed by atoms with van der Waals surface area (Å²) in [4.78, 5) is 4.65. The van der Waals surface area contributed by atoms with Gasteiger partial charge in [-0.1, -0.05) is 13.3 Å². The maximum atomic E-state index is 14.0. The van der Waals surface area contributed by atoms with Crippen molar-refractivity contribution in [3.63, 3.8) is 0 Å². The van der Waals surface area contributed by atoms with Crippen LogP contribution in [0.5, 0.6) is 0 Å². The number of benzene rings is 1. The van der Waals surface area contributed by atoms with Crippen molar-refractivity contribution in [2.75, 3.05) is 0 Å². The maximum absolute atomic E-state index is 14.0. The van der Waals surface area contributed by atoms with Crippen LogP contribution < -0.4 is 0 Å². The number of rotatable bonds is 4. The lowest BCUT2D eigenvalue weighted by atomic mass is 9.67. The van der Waals surface area contributed by atoms with Crippen molar-refractivity contribution in [1.82, 2.24) is 9.55 Å². The molecule has 0 bridgehead atoms. The first-order valence-electron chi connectivity index (χ1n) is 7.45. The number of nitrogens with zero attached hydrogens (tertiary/aromatic N) is 2. The van der Waals surface area contributed by atoms with E-state index in [9.17, 15) is 4.39 Å². The van der Waals surface area contributed by atoms with Gasteiger partial charge in [-0.2, -0.15) is 0 Å². The van der Waals surface area contributed by atoms with E-state index in [1.54, 1.807) is 6.07 Å². The third-order valence-electron chi connectivity index (χ3n) is 4.83. The van der Waals surface area contributed by atoms with Gasteiger partial charge in [0.2, 0.25) is 0 Å². The Bertz CT molecular complexity index is 671. The second kappa shape index (κ2) is 5.69. The largest absolute Gasteiger partial charge is 0.326 e. The van der Waals surface area contributed by atoms with Crippen molar-refractivity contribution in [3.8, 4) is 0 Å². The van der Waals surface area contributed by atoms with Crippen molar-refractivity contribution < 1.29 is 4.39 Å². The molecule has 114 valence electrons. The third-order valence-corrected chi connectivity index (χ3v) is 5.86. The van der Waals surface area contributed by atoms with E-state index in [0.29, 0.717) is 8.99 Å². The molecule has 0 amide bonds. The molecule has 1 aliphatic rings. The monoisotopic (exact) mass is 420 g/mol. The van der Waals surface area contributed by atoms with Gasteiger partial charge >= 0.3 is 0 Å². The molecule has 1 heterocycles. The molecule has 1 fully saturated rings. The fourth-order valence-corrected chi connectivity index (χ4v) is 3.86. The zero-order chi connectivity index (χ0) is 15.2. The van der Waals surface area contributed by atoms with Crippen molar-refractivity contribution in [2.24, 2.45) is 5.41 Å². The Morgan fingerprint density at radius 1 is 1.48 bits per heavy atom. The van der Waals surface area contributed by atoms with Crippen LogP contribution in [0.1, 0.15) is 50.7 Å². The van der Waals surface area contributed by atoms with Crippen LogP contribution in [0.3, 0.4) is 0 Å². The molecule has 0 spiro atoms. The van der Waals surface area contributed by atoms with E-state index in [1.807, 2.05) is 35.6 Å². The molecule has 1 aromatic heterocycles. The molecule has 0 radical (unpaired) electrons. The van der Waals surface area contributed by atoms with E-state index >= 15 is 0 Å². The highest BCUT2D eigenvalue weighted by Crippen LogP contribution is 2.46. The van der Waals surface area contributed by atoms with E-state index in [0.717, 1.165) is 29.8 Å². The Balaban J connectivity index is 2.13. The molecule has 1 saturated carbocycles. The highest BCUT2D eigenvalue weighted by atomic mass is 127. The standard InChI is InChI=1S/C16H19ClFIN2/c1-3-16(5-4-6-16)9-21-14-7-11(18)12(19)8-13(14)20-15(21)10(2)17/h7-8,10H,3-6,9H2,1-2H3. The van der Waals surface area contributed by atoms with Crippen molar-refractivity contribution in [1.29, 1.82) is 0 Å². The quantitative estimate of drug-likeness (QED) is 0.461. The van der Waals surface area contributed by atoms with Crippen LogP contribution >= 0.6 is 34.2 Å². The molecule has 21 heavy (non-hydrogen) atoms. The normalized spacial score (nSPS) is 18.7. The van der Waals surface area contributed by atoms with E-state index in [1.165, 1.54) is 19.3 Å². The molecule has 3 rings (SSSR count). The lowest BCUT2D eigenvalue weighted by Gasteiger charge is -2.42. The molecule has 2 aromatic rings. The Morgan fingerprint density at radius 3 is 2.71 bits per heavy atom. The summed E-state index contributed by atoms with van der Waals surface area (Å²) < 4.78 is 16.7. The number of fused-ring (bicyclic) bond motifs is 1. The molecule has 1 aromatic carbocycles. The molecule has 2 nitrogen and oxygen atoms in total. The highest BCUT2D eigenvalue weighted by Gasteiger charge is 2.36. The van der Waals surface area contributed by atoms with Gasteiger partial charge in [0.1, 0.15) is 11.6 Å². The van der Waals surface area contributed by atoms with Crippen LogP contribution in [-0.4, -0.2) is 9.55 Å². The lowest BCUT2D eigenvalue weighted by molar-refractivity contribution is 0.101. The Labute approximate surface area is 143 Å². The molecule has 5 heteroatoms. The number of hydrogen-bond donors (Lipinski definition) is 0. The van der Waals surface area contributed by atoms with Crippen LogP contribution in [0.4, 0.5) is 4.39 Å². The second-order valence-corrected chi connectivity index (χ2v) is 7.95. The fourth-order valence-electron chi connectivity index (χ4n) is 3.24. The highest BCUT2D eigenvalue weighted by molar-refractivity contribution is 14.1. The van der Waals surface area contributed by atoms with E-state index in [4.69, 9.17) is 11.6 Å². The summed E-state index contributed by atoms with van der Waals surface area (Å²) in [6, 6.07) is 3.42. The van der Waals surface area contributed by atoms with Crippen molar-refractivity contribution in [2.45, 2.75) is 51.5 Å². The Hall–Kier alpha value is -0.360. The molecular formula is C16H19ClFIN2. The Kier molecular flexibility index (Phi) is 4.21. The van der Waals surface area contributed by atoms with Gasteiger partial charge in [-0.25, -0.2) is 9.37 Å². The summed E-state index contributed by atoms with van der Waals surface area (Å²) in [5, 5.41) is -0.174. The molecule has 1 unspecified atom stereocenters. The van der Waals surface area contributed by atoms with Gasteiger partial charge in [0.15, 0.2) is 0 Å². The zero-order valence-electron chi connectivity index (χ0n) is 12.3. The molecule has 1 aliphatic carbocycles. The minimum absolute atomic E-state index is 0.174. The first kappa shape index (κ1) is 15.5. The lowest BCUT2D eigenvalue weighted by Crippen LogP contribution is -2.34. The smallest absolute Gasteiger partial charge is 0.138 e. The topological polar surface area (TPSA) is 17.8 Å².